The number of nitrogens with zero attached hydrogens (tertiary/aromatic N) is 1. The lowest BCUT2D eigenvalue weighted by Gasteiger charge is -2.30. The van der Waals surface area contributed by atoms with Crippen LogP contribution in [-0.4, -0.2) is 31.6 Å². The largest absolute Gasteiger partial charge is 0.312 e. The van der Waals surface area contributed by atoms with Crippen molar-refractivity contribution >= 4 is 0 Å². The lowest BCUT2D eigenvalue weighted by Crippen LogP contribution is -2.36. The molecule has 0 saturated heterocycles. The minimum atomic E-state index is 0.642. The zero-order chi connectivity index (χ0) is 12.3. The maximum absolute atomic E-state index is 3.52. The van der Waals surface area contributed by atoms with Gasteiger partial charge in [-0.05, 0) is 24.1 Å². The second-order valence-corrected chi connectivity index (χ2v) is 5.64. The van der Waals surface area contributed by atoms with E-state index in [1.165, 1.54) is 12.1 Å². The monoisotopic (exact) mass is 232 g/mol. The van der Waals surface area contributed by atoms with Crippen LogP contribution < -0.4 is 5.32 Å². The van der Waals surface area contributed by atoms with Crippen molar-refractivity contribution in [3.05, 3.63) is 35.4 Å². The smallest absolute Gasteiger partial charge is 0.0208 e. The van der Waals surface area contributed by atoms with Gasteiger partial charge in [-0.3, -0.25) is 0 Å². The zero-order valence-electron chi connectivity index (χ0n) is 11.2. The van der Waals surface area contributed by atoms with Gasteiger partial charge in [0.25, 0.3) is 0 Å². The average Bonchev–Trinajstić information content (AvgIpc) is 2.28. The van der Waals surface area contributed by atoms with Gasteiger partial charge in [0.2, 0.25) is 0 Å². The van der Waals surface area contributed by atoms with Gasteiger partial charge in [-0.2, -0.15) is 0 Å². The first kappa shape index (κ1) is 12.6. The molecular formula is C15H24N2. The summed E-state index contributed by atoms with van der Waals surface area (Å²) in [4.78, 5) is 2.46. The topological polar surface area (TPSA) is 15.3 Å². The average molecular weight is 232 g/mol. The normalized spacial score (nSPS) is 19.7. The van der Waals surface area contributed by atoms with Gasteiger partial charge in [-0.25, -0.2) is 0 Å². The molecule has 1 N–H and O–H groups in total. The lowest BCUT2D eigenvalue weighted by molar-refractivity contribution is 0.270. The maximum Gasteiger partial charge on any atom is 0.0208 e. The summed E-state index contributed by atoms with van der Waals surface area (Å²) in [6.07, 6.45) is 0. The number of hydrogen-bond donors (Lipinski definition) is 1. The molecule has 2 nitrogen and oxygen atoms in total. The molecule has 1 heterocycles. The predicted octanol–water partition coefficient (Wildman–Crippen LogP) is 2.46. The standard InChI is InChI=1S/C15H24N2/c1-12(2)10-17(3)11-14-9-16-8-13-6-4-5-7-15(13)14/h4-7,12,14,16H,8-11H2,1-3H3. The molecule has 94 valence electrons. The third kappa shape index (κ3) is 3.30. The van der Waals surface area contributed by atoms with Gasteiger partial charge in [0.15, 0.2) is 0 Å². The number of hydrogen-bond acceptors (Lipinski definition) is 2. The minimum absolute atomic E-state index is 0.642. The molecule has 1 aliphatic rings. The van der Waals surface area contributed by atoms with Crippen molar-refractivity contribution in [2.24, 2.45) is 5.92 Å². The van der Waals surface area contributed by atoms with Crippen LogP contribution in [0.25, 0.3) is 0 Å². The summed E-state index contributed by atoms with van der Waals surface area (Å²) in [7, 11) is 2.23. The number of rotatable bonds is 4. The van der Waals surface area contributed by atoms with E-state index in [0.717, 1.165) is 25.6 Å². The Morgan fingerprint density at radius 3 is 2.88 bits per heavy atom. The molecule has 2 rings (SSSR count). The van der Waals surface area contributed by atoms with Gasteiger partial charge in [0, 0.05) is 32.1 Å². The molecular weight excluding hydrogens is 208 g/mol. The van der Waals surface area contributed by atoms with Crippen molar-refractivity contribution in [3.8, 4) is 0 Å². The molecule has 2 heteroatoms. The predicted molar refractivity (Wildman–Crippen MR) is 73.2 cm³/mol. The van der Waals surface area contributed by atoms with E-state index in [-0.39, 0.29) is 0 Å². The molecule has 1 unspecified atom stereocenters. The highest BCUT2D eigenvalue weighted by molar-refractivity contribution is 5.32. The molecule has 1 aromatic rings. The molecule has 0 saturated carbocycles. The van der Waals surface area contributed by atoms with Crippen LogP contribution in [0.15, 0.2) is 24.3 Å². The third-order valence-corrected chi connectivity index (χ3v) is 3.41. The number of benzene rings is 1. The van der Waals surface area contributed by atoms with Crippen LogP contribution in [0.3, 0.4) is 0 Å². The van der Waals surface area contributed by atoms with Crippen molar-refractivity contribution < 1.29 is 0 Å². The van der Waals surface area contributed by atoms with Crippen molar-refractivity contribution in [1.82, 2.24) is 10.2 Å². The van der Waals surface area contributed by atoms with Gasteiger partial charge in [0.05, 0.1) is 0 Å². The second-order valence-electron chi connectivity index (χ2n) is 5.64. The van der Waals surface area contributed by atoms with Gasteiger partial charge < -0.3 is 10.2 Å². The van der Waals surface area contributed by atoms with E-state index in [2.05, 4.69) is 55.4 Å². The van der Waals surface area contributed by atoms with Crippen molar-refractivity contribution in [2.45, 2.75) is 26.3 Å². The van der Waals surface area contributed by atoms with Gasteiger partial charge in [-0.15, -0.1) is 0 Å². The Balaban J connectivity index is 2.03. The van der Waals surface area contributed by atoms with E-state index in [0.29, 0.717) is 5.92 Å². The quantitative estimate of drug-likeness (QED) is 0.858. The van der Waals surface area contributed by atoms with E-state index in [4.69, 9.17) is 0 Å². The van der Waals surface area contributed by atoms with Crippen LogP contribution in [0.1, 0.15) is 30.9 Å². The molecule has 0 bridgehead atoms. The summed E-state index contributed by atoms with van der Waals surface area (Å²) in [5, 5.41) is 3.52. The van der Waals surface area contributed by atoms with Crippen LogP contribution >= 0.6 is 0 Å². The van der Waals surface area contributed by atoms with E-state index in [9.17, 15) is 0 Å². The molecule has 17 heavy (non-hydrogen) atoms. The van der Waals surface area contributed by atoms with Crippen LogP contribution in [0.2, 0.25) is 0 Å². The Kier molecular flexibility index (Phi) is 4.19. The fourth-order valence-electron chi connectivity index (χ4n) is 2.82. The lowest BCUT2D eigenvalue weighted by atomic mass is 9.90. The highest BCUT2D eigenvalue weighted by Gasteiger charge is 2.20. The Labute approximate surface area is 105 Å². The summed E-state index contributed by atoms with van der Waals surface area (Å²) >= 11 is 0. The van der Waals surface area contributed by atoms with Crippen LogP contribution in [-0.2, 0) is 6.54 Å². The summed E-state index contributed by atoms with van der Waals surface area (Å²) in [5.41, 5.74) is 3.02. The van der Waals surface area contributed by atoms with Crippen LogP contribution in [0.4, 0.5) is 0 Å². The molecule has 0 amide bonds. The fourth-order valence-corrected chi connectivity index (χ4v) is 2.82. The molecule has 0 radical (unpaired) electrons. The minimum Gasteiger partial charge on any atom is -0.312 e. The number of nitrogens with one attached hydrogen (secondary N) is 1. The summed E-state index contributed by atoms with van der Waals surface area (Å²) in [6.45, 7) is 9.04. The zero-order valence-corrected chi connectivity index (χ0v) is 11.2. The maximum atomic E-state index is 3.52. The van der Waals surface area contributed by atoms with Gasteiger partial charge >= 0.3 is 0 Å². The Hall–Kier alpha value is -0.860. The number of likely N-dealkylation sites (N-methyl/N-ethyl adjacent to an activating group) is 1. The highest BCUT2D eigenvalue weighted by Crippen LogP contribution is 2.24. The van der Waals surface area contributed by atoms with Crippen LogP contribution in [0.5, 0.6) is 0 Å². The molecule has 0 aliphatic carbocycles. The summed E-state index contributed by atoms with van der Waals surface area (Å²) in [5.74, 6) is 1.38. The molecule has 0 spiro atoms. The fraction of sp³-hybridized carbons (Fsp3) is 0.600. The van der Waals surface area contributed by atoms with Crippen molar-refractivity contribution in [1.29, 1.82) is 0 Å². The van der Waals surface area contributed by atoms with E-state index in [1.807, 2.05) is 0 Å². The molecule has 0 aromatic heterocycles. The van der Waals surface area contributed by atoms with Crippen LogP contribution in [0, 0.1) is 5.92 Å². The number of fused-ring (bicyclic) bond motifs is 1. The summed E-state index contributed by atoms with van der Waals surface area (Å²) in [6, 6.07) is 8.85. The van der Waals surface area contributed by atoms with E-state index >= 15 is 0 Å². The van der Waals surface area contributed by atoms with Crippen molar-refractivity contribution in [2.75, 3.05) is 26.7 Å². The first-order valence-corrected chi connectivity index (χ1v) is 6.64. The molecule has 1 aliphatic heterocycles. The Morgan fingerprint density at radius 1 is 1.35 bits per heavy atom. The molecule has 1 aromatic carbocycles. The molecule has 0 fully saturated rings. The van der Waals surface area contributed by atoms with E-state index in [1.54, 1.807) is 5.56 Å². The van der Waals surface area contributed by atoms with E-state index < -0.39 is 0 Å². The Bertz CT molecular complexity index is 360. The third-order valence-electron chi connectivity index (χ3n) is 3.41. The first-order chi connectivity index (χ1) is 8.16. The Morgan fingerprint density at radius 2 is 2.12 bits per heavy atom. The van der Waals surface area contributed by atoms with Gasteiger partial charge in [-0.1, -0.05) is 38.1 Å². The first-order valence-electron chi connectivity index (χ1n) is 6.64. The second kappa shape index (κ2) is 5.65. The molecule has 1 atom stereocenters. The van der Waals surface area contributed by atoms with Gasteiger partial charge in [0.1, 0.15) is 0 Å². The van der Waals surface area contributed by atoms with Crippen molar-refractivity contribution in [3.63, 3.8) is 0 Å². The highest BCUT2D eigenvalue weighted by atomic mass is 15.1. The summed E-state index contributed by atoms with van der Waals surface area (Å²) < 4.78 is 0. The SMILES string of the molecule is CC(C)CN(C)CC1CNCc2ccccc21.